The summed E-state index contributed by atoms with van der Waals surface area (Å²) in [5.41, 5.74) is 1.63. The molecular formula is C21H21FN6O2S. The number of nitrogens with one attached hydrogen (secondary N) is 1. The van der Waals surface area contributed by atoms with E-state index in [0.29, 0.717) is 13.1 Å². The number of carbonyl (C=O) groups is 1. The number of anilines is 1. The predicted octanol–water partition coefficient (Wildman–Crippen LogP) is 2.63. The van der Waals surface area contributed by atoms with E-state index in [1.807, 2.05) is 12.3 Å². The summed E-state index contributed by atoms with van der Waals surface area (Å²) >= 11 is 1.53. The van der Waals surface area contributed by atoms with Gasteiger partial charge in [0.1, 0.15) is 11.6 Å². The van der Waals surface area contributed by atoms with Gasteiger partial charge >= 0.3 is 0 Å². The van der Waals surface area contributed by atoms with Gasteiger partial charge in [-0.15, -0.1) is 5.10 Å². The molecule has 1 N–H and O–H groups in total. The Morgan fingerprint density at radius 2 is 1.97 bits per heavy atom. The fourth-order valence-electron chi connectivity index (χ4n) is 3.53. The molecule has 1 aliphatic rings. The Morgan fingerprint density at radius 3 is 2.68 bits per heavy atom. The van der Waals surface area contributed by atoms with Crippen LogP contribution < -0.4 is 10.2 Å². The molecule has 1 aromatic carbocycles. The Bertz CT molecular complexity index is 1130. The number of carbonyl (C=O) groups excluding carboxylic acids is 1. The first-order valence-corrected chi connectivity index (χ1v) is 10.8. The number of hydrogen-bond donors (Lipinski definition) is 1. The van der Waals surface area contributed by atoms with Crippen molar-refractivity contribution in [3.8, 4) is 11.3 Å². The maximum absolute atomic E-state index is 13.1. The normalized spacial score (nSPS) is 14.9. The minimum Gasteiger partial charge on any atom is -0.467 e. The molecule has 31 heavy (non-hydrogen) atoms. The van der Waals surface area contributed by atoms with Crippen LogP contribution >= 0.6 is 11.3 Å². The van der Waals surface area contributed by atoms with E-state index in [9.17, 15) is 9.18 Å². The zero-order valence-electron chi connectivity index (χ0n) is 16.7. The zero-order valence-corrected chi connectivity index (χ0v) is 17.5. The highest BCUT2D eigenvalue weighted by Crippen LogP contribution is 2.27. The molecule has 0 unspecified atom stereocenters. The summed E-state index contributed by atoms with van der Waals surface area (Å²) in [6.45, 7) is 3.95. The Labute approximate surface area is 181 Å². The third kappa shape index (κ3) is 4.44. The van der Waals surface area contributed by atoms with E-state index in [1.165, 1.54) is 23.5 Å². The molecule has 1 fully saturated rings. The monoisotopic (exact) mass is 440 g/mol. The highest BCUT2D eigenvalue weighted by atomic mass is 32.1. The van der Waals surface area contributed by atoms with Gasteiger partial charge in [-0.2, -0.15) is 0 Å². The van der Waals surface area contributed by atoms with Gasteiger partial charge in [0.15, 0.2) is 0 Å². The molecule has 0 spiro atoms. The SMILES string of the molecule is O=C(CN1CCN(c2nn3cc(-c4ccc(F)cc4)nc3s2)CC1)NCc1ccco1. The van der Waals surface area contributed by atoms with Crippen LogP contribution in [0, 0.1) is 5.82 Å². The molecule has 10 heteroatoms. The van der Waals surface area contributed by atoms with E-state index < -0.39 is 0 Å². The molecule has 160 valence electrons. The van der Waals surface area contributed by atoms with Gasteiger partial charge in [0.2, 0.25) is 16.0 Å². The van der Waals surface area contributed by atoms with Gasteiger partial charge < -0.3 is 14.6 Å². The number of benzene rings is 1. The molecule has 1 aliphatic heterocycles. The second kappa shape index (κ2) is 8.48. The van der Waals surface area contributed by atoms with E-state index in [2.05, 4.69) is 25.2 Å². The van der Waals surface area contributed by atoms with Crippen LogP contribution in [0.2, 0.25) is 0 Å². The molecule has 0 radical (unpaired) electrons. The van der Waals surface area contributed by atoms with Gasteiger partial charge in [0.25, 0.3) is 0 Å². The predicted molar refractivity (Wildman–Crippen MR) is 115 cm³/mol. The number of rotatable bonds is 6. The second-order valence-electron chi connectivity index (χ2n) is 7.36. The Kier molecular flexibility index (Phi) is 5.39. The van der Waals surface area contributed by atoms with Gasteiger partial charge in [-0.25, -0.2) is 13.9 Å². The average molecular weight is 441 g/mol. The average Bonchev–Trinajstić information content (AvgIpc) is 3.50. The van der Waals surface area contributed by atoms with E-state index in [0.717, 1.165) is 53.3 Å². The van der Waals surface area contributed by atoms with Crippen molar-refractivity contribution in [1.82, 2.24) is 24.8 Å². The molecule has 5 rings (SSSR count). The van der Waals surface area contributed by atoms with E-state index in [4.69, 9.17) is 4.42 Å². The van der Waals surface area contributed by atoms with Crippen molar-refractivity contribution < 1.29 is 13.6 Å². The van der Waals surface area contributed by atoms with Gasteiger partial charge in [0.05, 0.1) is 31.2 Å². The van der Waals surface area contributed by atoms with Crippen molar-refractivity contribution in [2.75, 3.05) is 37.6 Å². The quantitative estimate of drug-likeness (QED) is 0.497. The van der Waals surface area contributed by atoms with Crippen LogP contribution in [0.25, 0.3) is 16.2 Å². The molecule has 4 aromatic rings. The third-order valence-corrected chi connectivity index (χ3v) is 6.21. The lowest BCUT2D eigenvalue weighted by atomic mass is 10.2. The standard InChI is InChI=1S/C21H21FN6O2S/c22-16-5-3-15(4-6-16)18-13-28-20(24-18)31-21(25-28)27-9-7-26(8-10-27)14-19(29)23-12-17-2-1-11-30-17/h1-6,11,13H,7-10,12,14H2,(H,23,29). The highest BCUT2D eigenvalue weighted by Gasteiger charge is 2.22. The van der Waals surface area contributed by atoms with Gasteiger partial charge in [-0.05, 0) is 36.4 Å². The fraction of sp³-hybridized carbons (Fsp3) is 0.286. The first kappa shape index (κ1) is 19.7. The maximum atomic E-state index is 13.1. The lowest BCUT2D eigenvalue weighted by Crippen LogP contribution is -2.49. The Hall–Kier alpha value is -3.24. The van der Waals surface area contributed by atoms with Crippen LogP contribution in [0.1, 0.15) is 5.76 Å². The number of furan rings is 1. The zero-order chi connectivity index (χ0) is 21.2. The number of amides is 1. The largest absolute Gasteiger partial charge is 0.467 e. The van der Waals surface area contributed by atoms with Crippen molar-refractivity contribution >= 4 is 27.3 Å². The number of piperazine rings is 1. The summed E-state index contributed by atoms with van der Waals surface area (Å²) in [6.07, 6.45) is 3.46. The third-order valence-electron chi connectivity index (χ3n) is 5.22. The Balaban J connectivity index is 1.15. The van der Waals surface area contributed by atoms with Crippen LogP contribution in [0.3, 0.4) is 0 Å². The topological polar surface area (TPSA) is 78.9 Å². The Morgan fingerprint density at radius 1 is 1.16 bits per heavy atom. The molecule has 0 bridgehead atoms. The highest BCUT2D eigenvalue weighted by molar-refractivity contribution is 7.20. The first-order chi connectivity index (χ1) is 15.1. The van der Waals surface area contributed by atoms with Crippen LogP contribution in [-0.2, 0) is 11.3 Å². The number of aromatic nitrogens is 3. The van der Waals surface area contributed by atoms with Crippen molar-refractivity contribution in [3.63, 3.8) is 0 Å². The summed E-state index contributed by atoms with van der Waals surface area (Å²) in [7, 11) is 0. The summed E-state index contributed by atoms with van der Waals surface area (Å²) in [4.78, 5) is 21.9. The van der Waals surface area contributed by atoms with Crippen molar-refractivity contribution in [2.45, 2.75) is 6.54 Å². The summed E-state index contributed by atoms with van der Waals surface area (Å²) in [5, 5.41) is 8.45. The molecule has 0 atom stereocenters. The molecule has 4 heterocycles. The van der Waals surface area contributed by atoms with Gasteiger partial charge in [-0.3, -0.25) is 9.69 Å². The van der Waals surface area contributed by atoms with E-state index in [1.54, 1.807) is 29.0 Å². The van der Waals surface area contributed by atoms with Crippen LogP contribution in [0.4, 0.5) is 9.52 Å². The number of fused-ring (bicyclic) bond motifs is 1. The minimum atomic E-state index is -0.265. The van der Waals surface area contributed by atoms with Crippen molar-refractivity contribution in [2.24, 2.45) is 0 Å². The molecule has 0 aliphatic carbocycles. The lowest BCUT2D eigenvalue weighted by Gasteiger charge is -2.33. The van der Waals surface area contributed by atoms with Gasteiger partial charge in [-0.1, -0.05) is 11.3 Å². The number of halogens is 1. The number of nitrogens with zero attached hydrogens (tertiary/aromatic N) is 5. The maximum Gasteiger partial charge on any atom is 0.234 e. The molecule has 1 saturated heterocycles. The smallest absolute Gasteiger partial charge is 0.234 e. The van der Waals surface area contributed by atoms with Crippen LogP contribution in [0.15, 0.2) is 53.3 Å². The molecular weight excluding hydrogens is 419 g/mol. The van der Waals surface area contributed by atoms with Crippen molar-refractivity contribution in [3.05, 3.63) is 60.4 Å². The van der Waals surface area contributed by atoms with Crippen LogP contribution in [0.5, 0.6) is 0 Å². The first-order valence-electron chi connectivity index (χ1n) is 10.0. The molecule has 8 nitrogen and oxygen atoms in total. The molecule has 3 aromatic heterocycles. The molecule has 0 saturated carbocycles. The fourth-order valence-corrected chi connectivity index (χ4v) is 4.47. The minimum absolute atomic E-state index is 0.00843. The summed E-state index contributed by atoms with van der Waals surface area (Å²) in [6, 6.07) is 9.93. The number of hydrogen-bond acceptors (Lipinski definition) is 7. The molecule has 1 amide bonds. The summed E-state index contributed by atoms with van der Waals surface area (Å²) in [5.74, 6) is 0.472. The van der Waals surface area contributed by atoms with E-state index in [-0.39, 0.29) is 11.7 Å². The van der Waals surface area contributed by atoms with Crippen molar-refractivity contribution in [1.29, 1.82) is 0 Å². The second-order valence-corrected chi connectivity index (χ2v) is 8.30. The summed E-state index contributed by atoms with van der Waals surface area (Å²) < 4.78 is 20.1. The van der Waals surface area contributed by atoms with Crippen LogP contribution in [-0.4, -0.2) is 58.1 Å². The lowest BCUT2D eigenvalue weighted by molar-refractivity contribution is -0.122. The van der Waals surface area contributed by atoms with E-state index >= 15 is 0 Å². The van der Waals surface area contributed by atoms with Gasteiger partial charge in [0, 0.05) is 31.7 Å². The number of imidazole rings is 1.